The van der Waals surface area contributed by atoms with Crippen LogP contribution in [0.1, 0.15) is 12.5 Å². The molecular weight excluding hydrogens is 388 g/mol. The van der Waals surface area contributed by atoms with E-state index in [1.807, 2.05) is 36.7 Å². The van der Waals surface area contributed by atoms with Gasteiger partial charge in [-0.25, -0.2) is 0 Å². The van der Waals surface area contributed by atoms with Crippen LogP contribution in [0.2, 0.25) is 5.02 Å². The van der Waals surface area contributed by atoms with Gasteiger partial charge >= 0.3 is 0 Å². The molecule has 0 amide bonds. The first kappa shape index (κ1) is 19.3. The van der Waals surface area contributed by atoms with E-state index in [4.69, 9.17) is 11.6 Å². The van der Waals surface area contributed by atoms with Crippen LogP contribution in [-0.2, 0) is 6.42 Å². The molecule has 1 atom stereocenters. The lowest BCUT2D eigenvalue weighted by molar-refractivity contribution is 0.586. The van der Waals surface area contributed by atoms with Gasteiger partial charge in [-0.05, 0) is 79.2 Å². The summed E-state index contributed by atoms with van der Waals surface area (Å²) in [6.07, 6.45) is 6.78. The van der Waals surface area contributed by atoms with Crippen molar-refractivity contribution in [3.8, 4) is 0 Å². The topological polar surface area (TPSA) is 52.7 Å². The largest absolute Gasteiger partial charge is 0.361 e. The first-order valence-corrected chi connectivity index (χ1v) is 10.6. The highest BCUT2D eigenvalue weighted by Crippen LogP contribution is 2.23. The summed E-state index contributed by atoms with van der Waals surface area (Å²) in [5, 5.41) is 7.91. The second kappa shape index (κ2) is 8.97. The minimum Gasteiger partial charge on any atom is -0.361 e. The Morgan fingerprint density at radius 1 is 1.14 bits per heavy atom. The summed E-state index contributed by atoms with van der Waals surface area (Å²) in [6.45, 7) is 4.03. The lowest BCUT2D eigenvalue weighted by Gasteiger charge is -2.14. The molecule has 144 valence electrons. The Morgan fingerprint density at radius 2 is 2.07 bits per heavy atom. The minimum atomic E-state index is 0.357. The lowest BCUT2D eigenvalue weighted by atomic mass is 10.1. The van der Waals surface area contributed by atoms with Crippen molar-refractivity contribution in [2.45, 2.75) is 24.3 Å². The predicted octanol–water partition coefficient (Wildman–Crippen LogP) is 5.19. The zero-order valence-electron chi connectivity index (χ0n) is 15.7. The van der Waals surface area contributed by atoms with Gasteiger partial charge in [0.05, 0.1) is 0 Å². The number of aromatic amines is 1. The molecule has 0 saturated carbocycles. The number of H-pyrrole nitrogens is 1. The number of rotatable bonds is 8. The van der Waals surface area contributed by atoms with Gasteiger partial charge < -0.3 is 10.3 Å². The van der Waals surface area contributed by atoms with Crippen LogP contribution in [0.3, 0.4) is 0 Å². The summed E-state index contributed by atoms with van der Waals surface area (Å²) in [7, 11) is 0. The highest BCUT2D eigenvalue weighted by molar-refractivity contribution is 7.97. The second-order valence-electron chi connectivity index (χ2n) is 6.96. The molecule has 2 heterocycles. The van der Waals surface area contributed by atoms with Crippen LogP contribution in [0.15, 0.2) is 66.0 Å². The van der Waals surface area contributed by atoms with Crippen molar-refractivity contribution < 1.29 is 0 Å². The van der Waals surface area contributed by atoms with Crippen molar-refractivity contribution >= 4 is 45.2 Å². The molecule has 0 fully saturated rings. The van der Waals surface area contributed by atoms with Gasteiger partial charge in [-0.1, -0.05) is 17.7 Å². The minimum absolute atomic E-state index is 0.357. The number of nitrogens with zero attached hydrogens (tertiary/aromatic N) is 1. The van der Waals surface area contributed by atoms with E-state index in [1.165, 1.54) is 26.6 Å². The average Bonchev–Trinajstić information content (AvgIpc) is 3.11. The van der Waals surface area contributed by atoms with Crippen molar-refractivity contribution in [2.24, 2.45) is 0 Å². The molecule has 0 saturated heterocycles. The van der Waals surface area contributed by atoms with E-state index in [0.717, 1.165) is 30.0 Å². The molecule has 0 bridgehead atoms. The first-order chi connectivity index (χ1) is 13.7. The molecular formula is C22H23ClN4S. The van der Waals surface area contributed by atoms with Crippen molar-refractivity contribution in [3.05, 3.63) is 71.6 Å². The van der Waals surface area contributed by atoms with E-state index in [1.54, 1.807) is 11.9 Å². The molecule has 2 aromatic heterocycles. The SMILES string of the molecule is C[C@H](CNCCc1c[nH]c2ccc(Cl)cc12)NSc1ccc2cnccc2c1. The monoisotopic (exact) mass is 410 g/mol. The fourth-order valence-electron chi connectivity index (χ4n) is 3.23. The number of hydrogen-bond donors (Lipinski definition) is 3. The van der Waals surface area contributed by atoms with Gasteiger partial charge in [-0.3, -0.25) is 9.71 Å². The van der Waals surface area contributed by atoms with Crippen LogP contribution in [0.4, 0.5) is 0 Å². The van der Waals surface area contributed by atoms with Gasteiger partial charge in [-0.15, -0.1) is 0 Å². The van der Waals surface area contributed by atoms with E-state index in [0.29, 0.717) is 6.04 Å². The molecule has 0 spiro atoms. The summed E-state index contributed by atoms with van der Waals surface area (Å²) in [4.78, 5) is 8.68. The van der Waals surface area contributed by atoms with Crippen molar-refractivity contribution in [2.75, 3.05) is 13.1 Å². The third kappa shape index (κ3) is 4.67. The van der Waals surface area contributed by atoms with Crippen LogP contribution in [0.25, 0.3) is 21.7 Å². The zero-order chi connectivity index (χ0) is 19.3. The van der Waals surface area contributed by atoms with E-state index in [-0.39, 0.29) is 0 Å². The maximum Gasteiger partial charge on any atom is 0.0457 e. The molecule has 4 rings (SSSR count). The molecule has 2 aromatic carbocycles. The molecule has 4 nitrogen and oxygen atoms in total. The number of fused-ring (bicyclic) bond motifs is 2. The fraction of sp³-hybridized carbons (Fsp3) is 0.227. The van der Waals surface area contributed by atoms with Gasteiger partial charge in [0.25, 0.3) is 0 Å². The summed E-state index contributed by atoms with van der Waals surface area (Å²) in [6, 6.07) is 14.8. The van der Waals surface area contributed by atoms with Gasteiger partial charge in [-0.2, -0.15) is 0 Å². The van der Waals surface area contributed by atoms with E-state index >= 15 is 0 Å². The molecule has 0 aliphatic carbocycles. The Kier molecular flexibility index (Phi) is 6.17. The predicted molar refractivity (Wildman–Crippen MR) is 120 cm³/mol. The Morgan fingerprint density at radius 3 is 3.00 bits per heavy atom. The Bertz CT molecular complexity index is 1080. The summed E-state index contributed by atoms with van der Waals surface area (Å²) in [5.74, 6) is 0. The van der Waals surface area contributed by atoms with Gasteiger partial charge in [0.1, 0.15) is 0 Å². The van der Waals surface area contributed by atoms with Gasteiger partial charge in [0.2, 0.25) is 0 Å². The Hall–Kier alpha value is -2.05. The van der Waals surface area contributed by atoms with Crippen molar-refractivity contribution in [1.29, 1.82) is 0 Å². The first-order valence-electron chi connectivity index (χ1n) is 9.41. The highest BCUT2D eigenvalue weighted by Gasteiger charge is 2.06. The van der Waals surface area contributed by atoms with Gasteiger partial charge in [0.15, 0.2) is 0 Å². The standard InChI is InChI=1S/C22H23ClN4S/c1-15(27-28-20-4-2-17-13-25-8-6-16(17)10-20)12-24-9-7-18-14-26-22-5-3-19(23)11-21(18)22/h2-6,8,10-11,13-15,24,26-27H,7,9,12H2,1H3/t15-/m1/s1. The number of nitrogens with one attached hydrogen (secondary N) is 3. The maximum atomic E-state index is 6.12. The maximum absolute atomic E-state index is 6.12. The van der Waals surface area contributed by atoms with Crippen LogP contribution in [0.5, 0.6) is 0 Å². The third-order valence-electron chi connectivity index (χ3n) is 4.74. The molecule has 0 aliphatic rings. The van der Waals surface area contributed by atoms with Crippen LogP contribution >= 0.6 is 23.5 Å². The summed E-state index contributed by atoms with van der Waals surface area (Å²) in [5.41, 5.74) is 2.43. The Balaban J connectivity index is 1.23. The number of halogens is 1. The quantitative estimate of drug-likeness (QED) is 0.276. The molecule has 0 unspecified atom stereocenters. The number of hydrogen-bond acceptors (Lipinski definition) is 4. The zero-order valence-corrected chi connectivity index (χ0v) is 17.3. The van der Waals surface area contributed by atoms with Crippen molar-refractivity contribution in [1.82, 2.24) is 20.0 Å². The second-order valence-corrected chi connectivity index (χ2v) is 8.31. The molecule has 0 aliphatic heterocycles. The molecule has 3 N–H and O–H groups in total. The van der Waals surface area contributed by atoms with Gasteiger partial charge in [0, 0.05) is 57.4 Å². The fourth-order valence-corrected chi connectivity index (χ4v) is 4.15. The van der Waals surface area contributed by atoms with Crippen LogP contribution < -0.4 is 10.0 Å². The molecule has 4 aromatic rings. The number of aromatic nitrogens is 2. The van der Waals surface area contributed by atoms with E-state index in [2.05, 4.69) is 51.3 Å². The van der Waals surface area contributed by atoms with Crippen molar-refractivity contribution in [3.63, 3.8) is 0 Å². The normalized spacial score (nSPS) is 12.6. The van der Waals surface area contributed by atoms with Crippen LogP contribution in [-0.4, -0.2) is 29.1 Å². The molecule has 0 radical (unpaired) electrons. The molecule has 28 heavy (non-hydrogen) atoms. The lowest BCUT2D eigenvalue weighted by Crippen LogP contribution is -2.33. The number of benzene rings is 2. The summed E-state index contributed by atoms with van der Waals surface area (Å²) >= 11 is 7.80. The summed E-state index contributed by atoms with van der Waals surface area (Å²) < 4.78 is 3.51. The highest BCUT2D eigenvalue weighted by atomic mass is 35.5. The van der Waals surface area contributed by atoms with E-state index < -0.39 is 0 Å². The van der Waals surface area contributed by atoms with E-state index in [9.17, 15) is 0 Å². The van der Waals surface area contributed by atoms with Crippen LogP contribution in [0, 0.1) is 0 Å². The number of pyridine rings is 1. The third-order valence-corrected chi connectivity index (χ3v) is 5.99. The molecule has 6 heteroatoms. The smallest absolute Gasteiger partial charge is 0.0457 e. The average molecular weight is 411 g/mol. The Labute approximate surface area is 174 Å².